The molecular formula is C15H21ClFNO. The Balaban J connectivity index is 2.12. The lowest BCUT2D eigenvalue weighted by molar-refractivity contribution is 0.0859. The van der Waals surface area contributed by atoms with Crippen LogP contribution >= 0.6 is 11.6 Å². The molecule has 1 aliphatic heterocycles. The van der Waals surface area contributed by atoms with Gasteiger partial charge in [0.1, 0.15) is 5.82 Å². The summed E-state index contributed by atoms with van der Waals surface area (Å²) >= 11 is 5.95. The predicted molar refractivity (Wildman–Crippen MR) is 76.0 cm³/mol. The zero-order valence-electron chi connectivity index (χ0n) is 11.7. The molecule has 106 valence electrons. The third-order valence-electron chi connectivity index (χ3n) is 3.37. The van der Waals surface area contributed by atoms with Crippen LogP contribution in [0.5, 0.6) is 0 Å². The highest BCUT2D eigenvalue weighted by Gasteiger charge is 2.32. The molecule has 2 unspecified atom stereocenters. The van der Waals surface area contributed by atoms with Crippen LogP contribution in [0.4, 0.5) is 4.39 Å². The fourth-order valence-electron chi connectivity index (χ4n) is 2.36. The van der Waals surface area contributed by atoms with Gasteiger partial charge in [0.15, 0.2) is 0 Å². The quantitative estimate of drug-likeness (QED) is 0.908. The molecule has 1 aliphatic rings. The summed E-state index contributed by atoms with van der Waals surface area (Å²) in [5, 5.41) is 4.01. The molecule has 2 atom stereocenters. The second-order valence-electron chi connectivity index (χ2n) is 6.14. The lowest BCUT2D eigenvalue weighted by Crippen LogP contribution is -2.39. The van der Waals surface area contributed by atoms with Crippen molar-refractivity contribution >= 4 is 11.6 Å². The number of benzene rings is 1. The number of hydrogen-bond donors (Lipinski definition) is 1. The van der Waals surface area contributed by atoms with E-state index in [2.05, 4.69) is 26.1 Å². The van der Waals surface area contributed by atoms with Crippen LogP contribution in [-0.2, 0) is 4.74 Å². The maximum atomic E-state index is 13.9. The second-order valence-corrected chi connectivity index (χ2v) is 6.57. The summed E-state index contributed by atoms with van der Waals surface area (Å²) < 4.78 is 19.6. The standard InChI is InChI=1S/C15H21ClFNO/c1-15(2,3)18-9-10-6-7-19-14(10)12-8-11(16)4-5-13(12)17/h4-5,8,10,14,18H,6-7,9H2,1-3H3. The first-order valence-electron chi connectivity index (χ1n) is 6.68. The molecule has 0 radical (unpaired) electrons. The Morgan fingerprint density at radius 2 is 2.16 bits per heavy atom. The Labute approximate surface area is 119 Å². The van der Waals surface area contributed by atoms with Gasteiger partial charge in [0.25, 0.3) is 0 Å². The van der Waals surface area contributed by atoms with Gasteiger partial charge >= 0.3 is 0 Å². The molecule has 2 rings (SSSR count). The van der Waals surface area contributed by atoms with Crippen molar-refractivity contribution in [2.45, 2.75) is 38.8 Å². The van der Waals surface area contributed by atoms with Crippen LogP contribution < -0.4 is 5.32 Å². The highest BCUT2D eigenvalue weighted by molar-refractivity contribution is 6.30. The molecule has 1 saturated heterocycles. The van der Waals surface area contributed by atoms with Crippen molar-refractivity contribution in [2.24, 2.45) is 5.92 Å². The van der Waals surface area contributed by atoms with Crippen molar-refractivity contribution in [1.29, 1.82) is 0 Å². The van der Waals surface area contributed by atoms with Crippen LogP contribution in [0.2, 0.25) is 5.02 Å². The van der Waals surface area contributed by atoms with Gasteiger partial charge in [0.2, 0.25) is 0 Å². The Hall–Kier alpha value is -0.640. The van der Waals surface area contributed by atoms with E-state index < -0.39 is 0 Å². The van der Waals surface area contributed by atoms with Crippen molar-refractivity contribution in [1.82, 2.24) is 5.32 Å². The molecular weight excluding hydrogens is 265 g/mol. The normalized spacial score (nSPS) is 23.8. The molecule has 2 nitrogen and oxygen atoms in total. The minimum atomic E-state index is -0.239. The summed E-state index contributed by atoms with van der Waals surface area (Å²) in [6.45, 7) is 7.86. The smallest absolute Gasteiger partial charge is 0.129 e. The van der Waals surface area contributed by atoms with Crippen LogP contribution in [0.15, 0.2) is 18.2 Å². The third-order valence-corrected chi connectivity index (χ3v) is 3.61. The molecule has 1 heterocycles. The maximum absolute atomic E-state index is 13.9. The van der Waals surface area contributed by atoms with E-state index in [9.17, 15) is 4.39 Å². The zero-order valence-corrected chi connectivity index (χ0v) is 12.4. The summed E-state index contributed by atoms with van der Waals surface area (Å²) in [5.41, 5.74) is 0.630. The molecule has 1 fully saturated rings. The Kier molecular flexibility index (Phi) is 4.49. The molecule has 0 spiro atoms. The minimum Gasteiger partial charge on any atom is -0.373 e. The van der Waals surface area contributed by atoms with Gasteiger partial charge in [-0.3, -0.25) is 0 Å². The molecule has 0 aliphatic carbocycles. The van der Waals surface area contributed by atoms with Gasteiger partial charge < -0.3 is 10.1 Å². The maximum Gasteiger partial charge on any atom is 0.129 e. The molecule has 4 heteroatoms. The van der Waals surface area contributed by atoms with E-state index in [1.54, 1.807) is 12.1 Å². The lowest BCUT2D eigenvalue weighted by atomic mass is 9.94. The van der Waals surface area contributed by atoms with Gasteiger partial charge in [-0.05, 0) is 45.4 Å². The van der Waals surface area contributed by atoms with Crippen LogP contribution in [0.25, 0.3) is 0 Å². The average molecular weight is 286 g/mol. The number of rotatable bonds is 3. The van der Waals surface area contributed by atoms with Crippen LogP contribution in [0.1, 0.15) is 38.9 Å². The first-order chi connectivity index (χ1) is 8.87. The predicted octanol–water partition coefficient (Wildman–Crippen LogP) is 3.94. The fraction of sp³-hybridized carbons (Fsp3) is 0.600. The van der Waals surface area contributed by atoms with E-state index in [-0.39, 0.29) is 23.4 Å². The second kappa shape index (κ2) is 5.78. The zero-order chi connectivity index (χ0) is 14.0. The molecule has 19 heavy (non-hydrogen) atoms. The van der Waals surface area contributed by atoms with Gasteiger partial charge in [-0.15, -0.1) is 0 Å². The Morgan fingerprint density at radius 1 is 1.42 bits per heavy atom. The van der Waals surface area contributed by atoms with Crippen molar-refractivity contribution in [2.75, 3.05) is 13.2 Å². The van der Waals surface area contributed by atoms with Gasteiger partial charge in [0.05, 0.1) is 6.10 Å². The largest absolute Gasteiger partial charge is 0.373 e. The summed E-state index contributed by atoms with van der Waals surface area (Å²) in [4.78, 5) is 0. The van der Waals surface area contributed by atoms with E-state index in [1.165, 1.54) is 6.07 Å². The monoisotopic (exact) mass is 285 g/mol. The number of ether oxygens (including phenoxy) is 1. The molecule has 0 aromatic heterocycles. The Morgan fingerprint density at radius 3 is 2.84 bits per heavy atom. The summed E-state index contributed by atoms with van der Waals surface area (Å²) in [7, 11) is 0. The highest BCUT2D eigenvalue weighted by atomic mass is 35.5. The third kappa shape index (κ3) is 3.91. The summed E-state index contributed by atoms with van der Waals surface area (Å²) in [6.07, 6.45) is 0.744. The van der Waals surface area contributed by atoms with E-state index in [0.717, 1.165) is 13.0 Å². The summed E-state index contributed by atoms with van der Waals surface area (Å²) in [5.74, 6) is 0.0456. The molecule has 0 saturated carbocycles. The van der Waals surface area contributed by atoms with E-state index in [4.69, 9.17) is 16.3 Å². The van der Waals surface area contributed by atoms with Crippen molar-refractivity contribution in [3.8, 4) is 0 Å². The number of halogens is 2. The summed E-state index contributed by atoms with van der Waals surface area (Å²) in [6, 6.07) is 4.66. The molecule has 1 N–H and O–H groups in total. The van der Waals surface area contributed by atoms with Crippen molar-refractivity contribution in [3.05, 3.63) is 34.6 Å². The molecule has 1 aromatic carbocycles. The highest BCUT2D eigenvalue weighted by Crippen LogP contribution is 2.36. The van der Waals surface area contributed by atoms with Crippen molar-refractivity contribution < 1.29 is 9.13 Å². The van der Waals surface area contributed by atoms with Gasteiger partial charge in [0, 0.05) is 35.2 Å². The van der Waals surface area contributed by atoms with E-state index in [0.29, 0.717) is 17.2 Å². The SMILES string of the molecule is CC(C)(C)NCC1CCOC1c1cc(Cl)ccc1F. The first-order valence-corrected chi connectivity index (χ1v) is 7.06. The average Bonchev–Trinajstić information content (AvgIpc) is 2.77. The van der Waals surface area contributed by atoms with Gasteiger partial charge in [-0.1, -0.05) is 11.6 Å². The van der Waals surface area contributed by atoms with E-state index in [1.807, 2.05) is 0 Å². The van der Waals surface area contributed by atoms with Crippen LogP contribution in [0.3, 0.4) is 0 Å². The lowest BCUT2D eigenvalue weighted by Gasteiger charge is -2.26. The molecule has 0 amide bonds. The Bertz CT molecular complexity index is 444. The molecule has 1 aromatic rings. The van der Waals surface area contributed by atoms with Crippen LogP contribution in [0, 0.1) is 11.7 Å². The fourth-order valence-corrected chi connectivity index (χ4v) is 2.54. The minimum absolute atomic E-state index is 0.0556. The van der Waals surface area contributed by atoms with Gasteiger partial charge in [-0.25, -0.2) is 4.39 Å². The topological polar surface area (TPSA) is 21.3 Å². The van der Waals surface area contributed by atoms with E-state index >= 15 is 0 Å². The molecule has 0 bridgehead atoms. The number of hydrogen-bond acceptors (Lipinski definition) is 2. The van der Waals surface area contributed by atoms with Crippen LogP contribution in [-0.4, -0.2) is 18.7 Å². The van der Waals surface area contributed by atoms with Crippen molar-refractivity contribution in [3.63, 3.8) is 0 Å². The van der Waals surface area contributed by atoms with Gasteiger partial charge in [-0.2, -0.15) is 0 Å². The number of nitrogens with one attached hydrogen (secondary N) is 1. The first kappa shape index (κ1) is 14.8.